The molecule has 0 saturated carbocycles. The molecule has 0 bridgehead atoms. The normalized spacial score (nSPS) is 9.96. The Hall–Kier alpha value is -2.67. The number of aryl methyl sites for hydroxylation is 2. The largest absolute Gasteiger partial charge is 0.212 e. The molecule has 0 unspecified atom stereocenters. The maximum absolute atomic E-state index is 4.05. The maximum atomic E-state index is 4.05. The molecular weight excluding hydrogens is 302 g/mol. The summed E-state index contributed by atoms with van der Waals surface area (Å²) >= 11 is 0. The summed E-state index contributed by atoms with van der Waals surface area (Å²) in [6.45, 7) is 12.3. The Bertz CT molecular complexity index is 875. The van der Waals surface area contributed by atoms with E-state index < -0.39 is 0 Å². The zero-order valence-electron chi connectivity index (χ0n) is 16.0. The fourth-order valence-corrected chi connectivity index (χ4v) is 2.84. The van der Waals surface area contributed by atoms with Crippen LogP contribution in [0.3, 0.4) is 0 Å². The lowest BCUT2D eigenvalue weighted by atomic mass is 9.95. The molecule has 1 heterocycles. The molecule has 1 aromatic heterocycles. The Morgan fingerprint density at radius 2 is 1.60 bits per heavy atom. The minimum atomic E-state index is 1.09. The minimum absolute atomic E-state index is 1.09. The topological polar surface area (TPSA) is 3.88 Å². The van der Waals surface area contributed by atoms with Gasteiger partial charge in [0.25, 0.3) is 0 Å². The van der Waals surface area contributed by atoms with Crippen LogP contribution >= 0.6 is 0 Å². The molecule has 0 aliphatic rings. The zero-order chi connectivity index (χ0) is 18.4. The number of rotatable bonds is 3. The Morgan fingerprint density at radius 1 is 0.880 bits per heavy atom. The van der Waals surface area contributed by atoms with Crippen molar-refractivity contribution in [2.75, 3.05) is 0 Å². The number of hydrogen-bond donors (Lipinski definition) is 0. The molecule has 0 saturated heterocycles. The standard InChI is InChI=1S/C22H22N.C2H6/c1-16(2)18-8-7-9-19(14-18)20-12-11-17(3)21(15-20)22-10-5-6-13-23(22)4;1-2/h5-15H,1H2,2-4H3;1-2H3/q+1;. The molecule has 0 atom stereocenters. The average Bonchev–Trinajstić information content (AvgIpc) is 2.64. The Balaban J connectivity index is 0.00000109. The summed E-state index contributed by atoms with van der Waals surface area (Å²) in [5.74, 6) is 0. The van der Waals surface area contributed by atoms with Gasteiger partial charge in [-0.1, -0.05) is 56.3 Å². The summed E-state index contributed by atoms with van der Waals surface area (Å²) in [6.07, 6.45) is 2.09. The maximum Gasteiger partial charge on any atom is 0.212 e. The lowest BCUT2D eigenvalue weighted by Crippen LogP contribution is -2.30. The molecule has 128 valence electrons. The number of allylic oxidation sites excluding steroid dienone is 1. The predicted octanol–water partition coefficient (Wildman–Crippen LogP) is 6.21. The summed E-state index contributed by atoms with van der Waals surface area (Å²) in [7, 11) is 2.09. The molecule has 0 spiro atoms. The van der Waals surface area contributed by atoms with Gasteiger partial charge in [0.15, 0.2) is 6.20 Å². The Kier molecular flexibility index (Phi) is 6.30. The lowest BCUT2D eigenvalue weighted by molar-refractivity contribution is -0.660. The van der Waals surface area contributed by atoms with Gasteiger partial charge in [-0.05, 0) is 54.3 Å². The van der Waals surface area contributed by atoms with Crippen LogP contribution in [0.15, 0.2) is 73.4 Å². The monoisotopic (exact) mass is 330 g/mol. The quantitative estimate of drug-likeness (QED) is 0.502. The second-order valence-electron chi connectivity index (χ2n) is 6.09. The van der Waals surface area contributed by atoms with Crippen LogP contribution < -0.4 is 4.57 Å². The third-order valence-corrected chi connectivity index (χ3v) is 4.26. The van der Waals surface area contributed by atoms with Crippen LogP contribution in [0.4, 0.5) is 0 Å². The molecule has 1 heteroatoms. The summed E-state index contributed by atoms with van der Waals surface area (Å²) < 4.78 is 2.16. The van der Waals surface area contributed by atoms with E-state index >= 15 is 0 Å². The van der Waals surface area contributed by atoms with Gasteiger partial charge >= 0.3 is 0 Å². The van der Waals surface area contributed by atoms with Gasteiger partial charge in [0.1, 0.15) is 7.05 Å². The van der Waals surface area contributed by atoms with E-state index in [0.717, 1.165) is 5.57 Å². The van der Waals surface area contributed by atoms with Crippen molar-refractivity contribution in [3.05, 3.63) is 84.6 Å². The first-order valence-corrected chi connectivity index (χ1v) is 8.88. The van der Waals surface area contributed by atoms with Gasteiger partial charge in [0, 0.05) is 17.7 Å². The first-order chi connectivity index (χ1) is 12.1. The van der Waals surface area contributed by atoms with Crippen LogP contribution in [-0.2, 0) is 7.05 Å². The highest BCUT2D eigenvalue weighted by Crippen LogP contribution is 2.29. The van der Waals surface area contributed by atoms with Gasteiger partial charge in [0.2, 0.25) is 5.69 Å². The number of aromatic nitrogens is 1. The first-order valence-electron chi connectivity index (χ1n) is 8.88. The molecule has 25 heavy (non-hydrogen) atoms. The molecule has 0 radical (unpaired) electrons. The Morgan fingerprint density at radius 3 is 2.28 bits per heavy atom. The summed E-state index contributed by atoms with van der Waals surface area (Å²) in [4.78, 5) is 0. The van der Waals surface area contributed by atoms with E-state index in [0.29, 0.717) is 0 Å². The third kappa shape index (κ3) is 4.24. The van der Waals surface area contributed by atoms with E-state index in [1.165, 1.54) is 33.5 Å². The van der Waals surface area contributed by atoms with Crippen molar-refractivity contribution in [2.24, 2.45) is 7.05 Å². The molecule has 0 fully saturated rings. The molecule has 0 aliphatic carbocycles. The van der Waals surface area contributed by atoms with Crippen LogP contribution in [0, 0.1) is 6.92 Å². The van der Waals surface area contributed by atoms with E-state index in [4.69, 9.17) is 0 Å². The van der Waals surface area contributed by atoms with Gasteiger partial charge < -0.3 is 0 Å². The molecule has 1 nitrogen and oxygen atoms in total. The second-order valence-corrected chi connectivity index (χ2v) is 6.09. The molecule has 3 rings (SSSR count). The lowest BCUT2D eigenvalue weighted by Gasteiger charge is -2.09. The Labute approximate surface area is 152 Å². The van der Waals surface area contributed by atoms with Gasteiger partial charge in [0.05, 0.1) is 0 Å². The SMILES string of the molecule is C=C(C)c1cccc(-c2ccc(C)c(-c3cccc[n+]3C)c2)c1.CC. The minimum Gasteiger partial charge on any atom is -0.201 e. The number of hydrogen-bond acceptors (Lipinski definition) is 0. The number of nitrogens with zero attached hydrogens (tertiary/aromatic N) is 1. The highest BCUT2D eigenvalue weighted by molar-refractivity contribution is 5.75. The van der Waals surface area contributed by atoms with Crippen molar-refractivity contribution >= 4 is 5.57 Å². The first kappa shape index (κ1) is 18.7. The van der Waals surface area contributed by atoms with Gasteiger partial charge in [-0.15, -0.1) is 0 Å². The predicted molar refractivity (Wildman–Crippen MR) is 109 cm³/mol. The van der Waals surface area contributed by atoms with Crippen molar-refractivity contribution in [1.29, 1.82) is 0 Å². The third-order valence-electron chi connectivity index (χ3n) is 4.26. The van der Waals surface area contributed by atoms with E-state index in [1.807, 2.05) is 20.8 Å². The van der Waals surface area contributed by atoms with Crippen LogP contribution in [0.5, 0.6) is 0 Å². The van der Waals surface area contributed by atoms with Gasteiger partial charge in [-0.25, -0.2) is 4.57 Å². The fraction of sp³-hybridized carbons (Fsp3) is 0.208. The second kappa shape index (κ2) is 8.43. The number of pyridine rings is 1. The van der Waals surface area contributed by atoms with Crippen molar-refractivity contribution < 1.29 is 4.57 Å². The molecule has 2 aromatic carbocycles. The van der Waals surface area contributed by atoms with Crippen molar-refractivity contribution in [1.82, 2.24) is 0 Å². The smallest absolute Gasteiger partial charge is 0.201 e. The fourth-order valence-electron chi connectivity index (χ4n) is 2.84. The average molecular weight is 330 g/mol. The van der Waals surface area contributed by atoms with Gasteiger partial charge in [-0.2, -0.15) is 0 Å². The van der Waals surface area contributed by atoms with Crippen molar-refractivity contribution in [3.8, 4) is 22.4 Å². The van der Waals surface area contributed by atoms with Crippen LogP contribution in [0.1, 0.15) is 31.9 Å². The molecular formula is C24H28N+. The summed E-state index contributed by atoms with van der Waals surface area (Å²) in [5.41, 5.74) is 8.52. The highest BCUT2D eigenvalue weighted by atomic mass is 14.9. The van der Waals surface area contributed by atoms with Crippen molar-refractivity contribution in [2.45, 2.75) is 27.7 Å². The highest BCUT2D eigenvalue weighted by Gasteiger charge is 2.12. The van der Waals surface area contributed by atoms with Crippen LogP contribution in [0.2, 0.25) is 0 Å². The number of benzene rings is 2. The van der Waals surface area contributed by atoms with Crippen molar-refractivity contribution in [3.63, 3.8) is 0 Å². The van der Waals surface area contributed by atoms with E-state index in [1.54, 1.807) is 0 Å². The molecule has 3 aromatic rings. The van der Waals surface area contributed by atoms with Crippen LogP contribution in [0.25, 0.3) is 28.0 Å². The molecule has 0 aliphatic heterocycles. The summed E-state index contributed by atoms with van der Waals surface area (Å²) in [6, 6.07) is 21.6. The van der Waals surface area contributed by atoms with E-state index in [9.17, 15) is 0 Å². The van der Waals surface area contributed by atoms with Crippen LogP contribution in [-0.4, -0.2) is 0 Å². The molecule has 0 N–H and O–H groups in total. The zero-order valence-corrected chi connectivity index (χ0v) is 16.0. The van der Waals surface area contributed by atoms with E-state index in [2.05, 4.69) is 92.0 Å². The summed E-state index contributed by atoms with van der Waals surface area (Å²) in [5, 5.41) is 0. The van der Waals surface area contributed by atoms with E-state index in [-0.39, 0.29) is 0 Å². The molecule has 0 amide bonds. The van der Waals surface area contributed by atoms with Gasteiger partial charge in [-0.3, -0.25) is 0 Å².